The molecule has 0 unspecified atom stereocenters. The fourth-order valence-corrected chi connectivity index (χ4v) is 3.99. The van der Waals surface area contributed by atoms with Crippen LogP contribution in [0.2, 0.25) is 5.02 Å². The number of hydrogen-bond acceptors (Lipinski definition) is 8. The molecule has 1 saturated heterocycles. The molecule has 0 bridgehead atoms. The van der Waals surface area contributed by atoms with Crippen LogP contribution in [0.15, 0.2) is 41.4 Å². The van der Waals surface area contributed by atoms with Crippen molar-refractivity contribution < 1.29 is 9.84 Å². The molecule has 4 rings (SSSR count). The number of aliphatic imine (C=N–C) groups is 1. The van der Waals surface area contributed by atoms with Crippen molar-refractivity contribution in [2.24, 2.45) is 4.99 Å². The SMILES string of the molecule is COc1ccc(CNc2nnc(N3CCC(O)CC3)c3ccc(N=C=N)cc23)cc1Cl. The number of ether oxygens (including phenoxy) is 1. The van der Waals surface area contributed by atoms with Crippen LogP contribution >= 0.6 is 11.6 Å². The molecule has 2 heterocycles. The standard InChI is InChI=1S/C22H23ClN6O2/c1-31-20-5-2-14(10-19(20)23)12-25-21-18-11-15(26-13-24)3-4-17(18)22(28-27-21)29-8-6-16(30)7-9-29/h2-5,10-11,16,24,30H,6-9,12H2,1H3,(H,25,27). The zero-order valence-electron chi connectivity index (χ0n) is 17.1. The van der Waals surface area contributed by atoms with E-state index in [1.54, 1.807) is 7.11 Å². The average Bonchev–Trinajstić information content (AvgIpc) is 2.78. The Morgan fingerprint density at radius 1 is 1.23 bits per heavy atom. The summed E-state index contributed by atoms with van der Waals surface area (Å²) in [6.45, 7) is 1.95. The molecular formula is C22H23ClN6O2. The predicted molar refractivity (Wildman–Crippen MR) is 122 cm³/mol. The van der Waals surface area contributed by atoms with E-state index in [4.69, 9.17) is 21.7 Å². The van der Waals surface area contributed by atoms with Gasteiger partial charge < -0.3 is 20.1 Å². The van der Waals surface area contributed by atoms with E-state index < -0.39 is 0 Å². The lowest BCUT2D eigenvalue weighted by Crippen LogP contribution is -2.36. The maximum absolute atomic E-state index is 9.83. The molecule has 0 spiro atoms. The second-order valence-electron chi connectivity index (χ2n) is 7.37. The summed E-state index contributed by atoms with van der Waals surface area (Å²) in [6.07, 6.45) is 1.15. The minimum atomic E-state index is -0.263. The van der Waals surface area contributed by atoms with E-state index in [-0.39, 0.29) is 6.10 Å². The van der Waals surface area contributed by atoms with Gasteiger partial charge in [0.15, 0.2) is 11.6 Å². The second kappa shape index (κ2) is 9.31. The van der Waals surface area contributed by atoms with Crippen LogP contribution in [0.3, 0.4) is 0 Å². The molecule has 2 aromatic carbocycles. The Morgan fingerprint density at radius 3 is 2.74 bits per heavy atom. The summed E-state index contributed by atoms with van der Waals surface area (Å²) in [6, 6.07) is 13.3. The highest BCUT2D eigenvalue weighted by atomic mass is 35.5. The summed E-state index contributed by atoms with van der Waals surface area (Å²) in [7, 11) is 1.58. The average molecular weight is 439 g/mol. The van der Waals surface area contributed by atoms with Crippen LogP contribution in [0.25, 0.3) is 10.8 Å². The number of aliphatic hydroxyl groups is 1. The molecule has 0 atom stereocenters. The third kappa shape index (κ3) is 4.61. The van der Waals surface area contributed by atoms with Crippen LogP contribution in [0.5, 0.6) is 5.75 Å². The first-order valence-corrected chi connectivity index (χ1v) is 10.4. The lowest BCUT2D eigenvalue weighted by Gasteiger charge is -2.31. The number of benzene rings is 2. The first-order chi connectivity index (χ1) is 15.1. The highest BCUT2D eigenvalue weighted by molar-refractivity contribution is 6.32. The Bertz CT molecular complexity index is 1140. The molecule has 160 valence electrons. The maximum Gasteiger partial charge on any atom is 0.159 e. The first kappa shape index (κ1) is 21.1. The van der Waals surface area contributed by atoms with E-state index >= 15 is 0 Å². The molecule has 8 nitrogen and oxygen atoms in total. The third-order valence-corrected chi connectivity index (χ3v) is 5.66. The summed E-state index contributed by atoms with van der Waals surface area (Å²) in [4.78, 5) is 6.11. The molecule has 31 heavy (non-hydrogen) atoms. The number of hydrogen-bond donors (Lipinski definition) is 3. The fraction of sp³-hybridized carbons (Fsp3) is 0.318. The van der Waals surface area contributed by atoms with Crippen molar-refractivity contribution in [2.45, 2.75) is 25.5 Å². The summed E-state index contributed by atoms with van der Waals surface area (Å²) in [5, 5.41) is 31.6. The molecule has 3 aromatic rings. The topological polar surface area (TPSA) is 107 Å². The summed E-state index contributed by atoms with van der Waals surface area (Å²) in [5.41, 5.74) is 1.59. The zero-order chi connectivity index (χ0) is 21.8. The Balaban J connectivity index is 1.67. The molecule has 0 radical (unpaired) electrons. The fourth-order valence-electron chi connectivity index (χ4n) is 3.71. The molecule has 1 aliphatic heterocycles. The molecule has 0 saturated carbocycles. The van der Waals surface area contributed by atoms with Crippen LogP contribution in [0.4, 0.5) is 17.3 Å². The van der Waals surface area contributed by atoms with Crippen molar-refractivity contribution in [1.29, 1.82) is 5.41 Å². The van der Waals surface area contributed by atoms with Crippen molar-refractivity contribution in [1.82, 2.24) is 10.2 Å². The highest BCUT2D eigenvalue weighted by Crippen LogP contribution is 2.33. The van der Waals surface area contributed by atoms with Gasteiger partial charge in [0, 0.05) is 30.4 Å². The van der Waals surface area contributed by atoms with Gasteiger partial charge in [-0.25, -0.2) is 5.41 Å². The van der Waals surface area contributed by atoms with Crippen LogP contribution in [-0.2, 0) is 6.54 Å². The Morgan fingerprint density at radius 2 is 2.03 bits per heavy atom. The van der Waals surface area contributed by atoms with Gasteiger partial charge in [-0.15, -0.1) is 10.2 Å². The summed E-state index contributed by atoms with van der Waals surface area (Å²) < 4.78 is 5.21. The van der Waals surface area contributed by atoms with E-state index in [1.807, 2.05) is 36.4 Å². The Labute approximate surface area is 185 Å². The number of fused-ring (bicyclic) bond motifs is 1. The number of nitrogens with one attached hydrogen (secondary N) is 2. The number of aromatic nitrogens is 2. The first-order valence-electron chi connectivity index (χ1n) is 10.0. The van der Waals surface area contributed by atoms with Gasteiger partial charge in [0.25, 0.3) is 0 Å². The largest absolute Gasteiger partial charge is 0.495 e. The zero-order valence-corrected chi connectivity index (χ0v) is 17.9. The number of aliphatic hydroxyl groups excluding tert-OH is 1. The lowest BCUT2D eigenvalue weighted by molar-refractivity contribution is 0.145. The number of nitrogens with zero attached hydrogens (tertiary/aromatic N) is 4. The van der Waals surface area contributed by atoms with Crippen LogP contribution in [0.1, 0.15) is 18.4 Å². The maximum atomic E-state index is 9.83. The molecule has 1 aliphatic rings. The highest BCUT2D eigenvalue weighted by Gasteiger charge is 2.21. The van der Waals surface area contributed by atoms with E-state index in [0.717, 1.165) is 35.2 Å². The Kier molecular flexibility index (Phi) is 6.32. The number of methoxy groups -OCH3 is 1. The quantitative estimate of drug-likeness (QED) is 0.497. The van der Waals surface area contributed by atoms with Gasteiger partial charge in [0.2, 0.25) is 0 Å². The van der Waals surface area contributed by atoms with Crippen LogP contribution in [0, 0.1) is 5.41 Å². The van der Waals surface area contributed by atoms with Crippen molar-refractivity contribution in [3.63, 3.8) is 0 Å². The van der Waals surface area contributed by atoms with E-state index in [0.29, 0.717) is 41.7 Å². The monoisotopic (exact) mass is 438 g/mol. The molecule has 3 N–H and O–H groups in total. The van der Waals surface area contributed by atoms with Gasteiger partial charge in [-0.3, -0.25) is 0 Å². The van der Waals surface area contributed by atoms with Gasteiger partial charge in [-0.1, -0.05) is 17.7 Å². The molecular weight excluding hydrogens is 416 g/mol. The van der Waals surface area contributed by atoms with E-state index in [1.165, 1.54) is 0 Å². The smallest absolute Gasteiger partial charge is 0.159 e. The minimum absolute atomic E-state index is 0.263. The molecule has 0 amide bonds. The molecule has 1 fully saturated rings. The predicted octanol–water partition coefficient (Wildman–Crippen LogP) is 4.25. The summed E-state index contributed by atoms with van der Waals surface area (Å²) >= 11 is 6.24. The van der Waals surface area contributed by atoms with Gasteiger partial charge in [0.1, 0.15) is 5.75 Å². The molecule has 1 aromatic heterocycles. The van der Waals surface area contributed by atoms with Gasteiger partial charge >= 0.3 is 0 Å². The van der Waals surface area contributed by atoms with Gasteiger partial charge in [0.05, 0.1) is 29.9 Å². The number of anilines is 2. The second-order valence-corrected chi connectivity index (χ2v) is 7.77. The van der Waals surface area contributed by atoms with Crippen LogP contribution < -0.4 is 15.0 Å². The molecule has 0 aliphatic carbocycles. The lowest BCUT2D eigenvalue weighted by atomic mass is 10.1. The number of piperidine rings is 1. The van der Waals surface area contributed by atoms with E-state index in [2.05, 4.69) is 31.4 Å². The van der Waals surface area contributed by atoms with Crippen molar-refractivity contribution >= 4 is 45.7 Å². The van der Waals surface area contributed by atoms with E-state index in [9.17, 15) is 5.11 Å². The normalized spacial score (nSPS) is 14.4. The minimum Gasteiger partial charge on any atom is -0.495 e. The summed E-state index contributed by atoms with van der Waals surface area (Å²) in [5.74, 6) is 2.02. The number of rotatable bonds is 6. The van der Waals surface area contributed by atoms with Crippen molar-refractivity contribution in [3.05, 3.63) is 47.0 Å². The molecule has 9 heteroatoms. The third-order valence-electron chi connectivity index (χ3n) is 5.37. The van der Waals surface area contributed by atoms with Crippen molar-refractivity contribution in [2.75, 3.05) is 30.4 Å². The van der Waals surface area contributed by atoms with Gasteiger partial charge in [-0.05, 0) is 48.7 Å². The van der Waals surface area contributed by atoms with Crippen molar-refractivity contribution in [3.8, 4) is 5.75 Å². The van der Waals surface area contributed by atoms with Gasteiger partial charge in [-0.2, -0.15) is 4.99 Å². The van der Waals surface area contributed by atoms with Crippen LogP contribution in [-0.4, -0.2) is 47.6 Å². The number of halogens is 1. The Hall–Kier alpha value is -3.19.